The highest BCUT2D eigenvalue weighted by Gasteiger charge is 2.35. The molecule has 0 radical (unpaired) electrons. The van der Waals surface area contributed by atoms with E-state index in [0.717, 1.165) is 35.7 Å². The molecule has 1 atom stereocenters. The molecule has 31 heavy (non-hydrogen) atoms. The number of rotatable bonds is 8. The number of methoxy groups -OCH3 is 1. The van der Waals surface area contributed by atoms with Crippen LogP contribution >= 0.6 is 11.3 Å². The zero-order valence-corrected chi connectivity index (χ0v) is 18.1. The summed E-state index contributed by atoms with van der Waals surface area (Å²) in [6, 6.07) is 17.6. The van der Waals surface area contributed by atoms with E-state index in [1.54, 1.807) is 24.1 Å². The first-order valence-electron chi connectivity index (χ1n) is 10.2. The summed E-state index contributed by atoms with van der Waals surface area (Å²) < 4.78 is 5.15. The number of amides is 2. The Kier molecular flexibility index (Phi) is 6.57. The third kappa shape index (κ3) is 5.27. The lowest BCUT2D eigenvalue weighted by Gasteiger charge is -2.16. The Morgan fingerprint density at radius 3 is 2.65 bits per heavy atom. The summed E-state index contributed by atoms with van der Waals surface area (Å²) in [5.41, 5.74) is 2.06. The van der Waals surface area contributed by atoms with Crippen molar-refractivity contribution in [2.45, 2.75) is 25.7 Å². The van der Waals surface area contributed by atoms with E-state index < -0.39 is 5.92 Å². The van der Waals surface area contributed by atoms with Crippen LogP contribution in [0.3, 0.4) is 0 Å². The van der Waals surface area contributed by atoms with E-state index in [1.807, 2.05) is 30.3 Å². The van der Waals surface area contributed by atoms with Crippen molar-refractivity contribution in [2.24, 2.45) is 5.92 Å². The molecule has 7 nitrogen and oxygen atoms in total. The van der Waals surface area contributed by atoms with Gasteiger partial charge in [-0.3, -0.25) is 9.59 Å². The molecular weight excluding hydrogens is 412 g/mol. The second kappa shape index (κ2) is 9.70. The molecule has 2 aromatic carbocycles. The van der Waals surface area contributed by atoms with Gasteiger partial charge in [-0.15, -0.1) is 10.2 Å². The largest absolute Gasteiger partial charge is 0.497 e. The van der Waals surface area contributed by atoms with Gasteiger partial charge >= 0.3 is 0 Å². The van der Waals surface area contributed by atoms with E-state index >= 15 is 0 Å². The Morgan fingerprint density at radius 2 is 1.90 bits per heavy atom. The van der Waals surface area contributed by atoms with Crippen molar-refractivity contribution in [3.05, 3.63) is 65.2 Å². The fourth-order valence-corrected chi connectivity index (χ4v) is 4.38. The van der Waals surface area contributed by atoms with E-state index in [2.05, 4.69) is 27.6 Å². The molecule has 1 aromatic heterocycles. The lowest BCUT2D eigenvalue weighted by molar-refractivity contribution is -0.122. The van der Waals surface area contributed by atoms with Gasteiger partial charge in [0.15, 0.2) is 0 Å². The SMILES string of the molecule is COc1ccc(N2CC(C(=O)Nc3nnc(CCCc4ccccc4)s3)CC2=O)cc1. The summed E-state index contributed by atoms with van der Waals surface area (Å²) in [5.74, 6) is 0.0427. The lowest BCUT2D eigenvalue weighted by atomic mass is 10.1. The predicted molar refractivity (Wildman–Crippen MR) is 120 cm³/mol. The maximum Gasteiger partial charge on any atom is 0.231 e. The Hall–Kier alpha value is -3.26. The number of carbonyl (C=O) groups excluding carboxylic acids is 2. The van der Waals surface area contributed by atoms with Gasteiger partial charge in [-0.05, 0) is 42.7 Å². The minimum Gasteiger partial charge on any atom is -0.497 e. The number of nitrogens with one attached hydrogen (secondary N) is 1. The van der Waals surface area contributed by atoms with Crippen molar-refractivity contribution in [1.29, 1.82) is 0 Å². The number of benzene rings is 2. The summed E-state index contributed by atoms with van der Waals surface area (Å²) in [5, 5.41) is 12.5. The van der Waals surface area contributed by atoms with Crippen LogP contribution in [0.5, 0.6) is 5.75 Å². The Balaban J connectivity index is 1.29. The summed E-state index contributed by atoms with van der Waals surface area (Å²) in [6.07, 6.45) is 2.95. The van der Waals surface area contributed by atoms with Gasteiger partial charge in [-0.2, -0.15) is 0 Å². The molecule has 0 spiro atoms. The number of carbonyl (C=O) groups is 2. The quantitative estimate of drug-likeness (QED) is 0.582. The maximum absolute atomic E-state index is 12.7. The molecule has 1 saturated heterocycles. The standard InChI is InChI=1S/C23H24N4O3S/c1-30-19-12-10-18(11-13-19)27-15-17(14-21(27)28)22(29)24-23-26-25-20(31-23)9-5-8-16-6-3-2-4-7-16/h2-4,6-7,10-13,17H,5,8-9,14-15H2,1H3,(H,24,26,29). The van der Waals surface area contributed by atoms with Crippen LogP contribution in [0.25, 0.3) is 0 Å². The summed E-state index contributed by atoms with van der Waals surface area (Å²) in [6.45, 7) is 0.347. The Morgan fingerprint density at radius 1 is 1.13 bits per heavy atom. The Bertz CT molecular complexity index is 1040. The summed E-state index contributed by atoms with van der Waals surface area (Å²) in [4.78, 5) is 26.7. The van der Waals surface area contributed by atoms with Crippen LogP contribution < -0.4 is 15.0 Å². The third-order valence-corrected chi connectivity index (χ3v) is 6.17. The molecule has 8 heteroatoms. The van der Waals surface area contributed by atoms with Crippen molar-refractivity contribution in [3.8, 4) is 5.75 Å². The molecule has 1 aliphatic heterocycles. The van der Waals surface area contributed by atoms with E-state index in [1.165, 1.54) is 16.9 Å². The average molecular weight is 437 g/mol. The van der Waals surface area contributed by atoms with Crippen LogP contribution in [0, 0.1) is 5.92 Å². The van der Waals surface area contributed by atoms with Crippen molar-refractivity contribution < 1.29 is 14.3 Å². The van der Waals surface area contributed by atoms with E-state index in [-0.39, 0.29) is 18.2 Å². The number of anilines is 2. The minimum atomic E-state index is -0.417. The van der Waals surface area contributed by atoms with Gasteiger partial charge in [0.25, 0.3) is 0 Å². The molecule has 2 amide bonds. The highest BCUT2D eigenvalue weighted by atomic mass is 32.1. The molecule has 3 aromatic rings. The van der Waals surface area contributed by atoms with Crippen LogP contribution in [0.15, 0.2) is 54.6 Å². The van der Waals surface area contributed by atoms with E-state index in [9.17, 15) is 9.59 Å². The monoisotopic (exact) mass is 436 g/mol. The fourth-order valence-electron chi connectivity index (χ4n) is 3.60. The number of nitrogens with zero attached hydrogens (tertiary/aromatic N) is 3. The van der Waals surface area contributed by atoms with Gasteiger partial charge in [-0.1, -0.05) is 41.7 Å². The highest BCUT2D eigenvalue weighted by Crippen LogP contribution is 2.28. The number of hydrogen-bond donors (Lipinski definition) is 1. The predicted octanol–water partition coefficient (Wildman–Crippen LogP) is 3.71. The Labute approximate surface area is 185 Å². The van der Waals surface area contributed by atoms with Crippen LogP contribution in [0.1, 0.15) is 23.4 Å². The second-order valence-corrected chi connectivity index (χ2v) is 8.49. The molecule has 0 bridgehead atoms. The van der Waals surface area contributed by atoms with Crippen LogP contribution in [0.4, 0.5) is 10.8 Å². The van der Waals surface area contributed by atoms with Gasteiger partial charge in [0.2, 0.25) is 16.9 Å². The van der Waals surface area contributed by atoms with Gasteiger partial charge < -0.3 is 15.0 Å². The summed E-state index contributed by atoms with van der Waals surface area (Å²) >= 11 is 1.39. The van der Waals surface area contributed by atoms with Crippen LogP contribution in [-0.2, 0) is 22.4 Å². The molecular formula is C23H24N4O3S. The third-order valence-electron chi connectivity index (χ3n) is 5.28. The first-order valence-corrected chi connectivity index (χ1v) is 11.1. The van der Waals surface area contributed by atoms with Gasteiger partial charge in [-0.25, -0.2) is 0 Å². The van der Waals surface area contributed by atoms with Crippen molar-refractivity contribution in [2.75, 3.05) is 23.9 Å². The first kappa shape index (κ1) is 21.0. The number of hydrogen-bond acceptors (Lipinski definition) is 6. The normalized spacial score (nSPS) is 15.8. The molecule has 160 valence electrons. The molecule has 1 N–H and O–H groups in total. The number of ether oxygens (including phenoxy) is 1. The number of aromatic nitrogens is 2. The van der Waals surface area contributed by atoms with Gasteiger partial charge in [0, 0.05) is 25.1 Å². The molecule has 0 aliphatic carbocycles. The number of aryl methyl sites for hydroxylation is 2. The molecule has 1 unspecified atom stereocenters. The van der Waals surface area contributed by atoms with Crippen LogP contribution in [-0.4, -0.2) is 35.7 Å². The summed E-state index contributed by atoms with van der Waals surface area (Å²) in [7, 11) is 1.60. The maximum atomic E-state index is 12.7. The molecule has 1 fully saturated rings. The van der Waals surface area contributed by atoms with E-state index in [4.69, 9.17) is 4.74 Å². The molecule has 1 aliphatic rings. The molecule has 0 saturated carbocycles. The topological polar surface area (TPSA) is 84.4 Å². The molecule has 2 heterocycles. The zero-order chi connectivity index (χ0) is 21.6. The lowest BCUT2D eigenvalue weighted by Crippen LogP contribution is -2.28. The fraction of sp³-hybridized carbons (Fsp3) is 0.304. The highest BCUT2D eigenvalue weighted by molar-refractivity contribution is 7.15. The van der Waals surface area contributed by atoms with E-state index in [0.29, 0.717) is 11.7 Å². The molecule has 4 rings (SSSR count). The van der Waals surface area contributed by atoms with Crippen LogP contribution in [0.2, 0.25) is 0 Å². The van der Waals surface area contributed by atoms with Crippen molar-refractivity contribution in [1.82, 2.24) is 10.2 Å². The average Bonchev–Trinajstić information content (AvgIpc) is 3.41. The zero-order valence-electron chi connectivity index (χ0n) is 17.3. The van der Waals surface area contributed by atoms with Gasteiger partial charge in [0.1, 0.15) is 10.8 Å². The smallest absolute Gasteiger partial charge is 0.231 e. The minimum absolute atomic E-state index is 0.0656. The first-order chi connectivity index (χ1) is 15.1. The van der Waals surface area contributed by atoms with Gasteiger partial charge in [0.05, 0.1) is 13.0 Å². The second-order valence-electron chi connectivity index (χ2n) is 7.43. The van der Waals surface area contributed by atoms with Crippen molar-refractivity contribution in [3.63, 3.8) is 0 Å². The van der Waals surface area contributed by atoms with Crippen molar-refractivity contribution >= 4 is 34.0 Å².